The molecule has 8 nitrogen and oxygen atoms in total. The van der Waals surface area contributed by atoms with Gasteiger partial charge in [-0.25, -0.2) is 9.67 Å². The van der Waals surface area contributed by atoms with Crippen molar-refractivity contribution in [3.63, 3.8) is 0 Å². The predicted octanol–water partition coefficient (Wildman–Crippen LogP) is 2.96. The van der Waals surface area contributed by atoms with Gasteiger partial charge in [-0.2, -0.15) is 5.10 Å². The quantitative estimate of drug-likeness (QED) is 0.564. The molecule has 3 aromatic heterocycles. The van der Waals surface area contributed by atoms with Gasteiger partial charge in [0.05, 0.1) is 18.1 Å². The molecule has 0 aliphatic carbocycles. The number of nitrogens with one attached hydrogen (secondary N) is 2. The summed E-state index contributed by atoms with van der Waals surface area (Å²) < 4.78 is 3.81. The van der Waals surface area contributed by atoms with Gasteiger partial charge in [-0.15, -0.1) is 0 Å². The lowest BCUT2D eigenvalue weighted by atomic mass is 10.1. The second-order valence-corrected chi connectivity index (χ2v) is 7.48. The molecule has 1 aliphatic heterocycles. The molecule has 2 amide bonds. The van der Waals surface area contributed by atoms with Crippen molar-refractivity contribution < 1.29 is 9.59 Å². The maximum Gasteiger partial charge on any atom is 0.268 e. The third kappa shape index (κ3) is 2.84. The van der Waals surface area contributed by atoms with Gasteiger partial charge in [0.2, 0.25) is 0 Å². The lowest BCUT2D eigenvalue weighted by Crippen LogP contribution is -2.34. The van der Waals surface area contributed by atoms with Crippen molar-refractivity contribution in [3.8, 4) is 0 Å². The number of hydrogen-bond donors (Lipinski definition) is 2. The lowest BCUT2D eigenvalue weighted by Gasteiger charge is -2.16. The summed E-state index contributed by atoms with van der Waals surface area (Å²) >= 11 is 0. The zero-order valence-corrected chi connectivity index (χ0v) is 16.1. The molecule has 8 heteroatoms. The van der Waals surface area contributed by atoms with Crippen LogP contribution in [0.5, 0.6) is 0 Å². The Hall–Kier alpha value is -3.68. The third-order valence-corrected chi connectivity index (χ3v) is 5.20. The first-order chi connectivity index (χ1) is 14.0. The number of anilines is 1. The van der Waals surface area contributed by atoms with Gasteiger partial charge in [0.1, 0.15) is 5.69 Å². The molecule has 0 saturated carbocycles. The van der Waals surface area contributed by atoms with Crippen LogP contribution in [0, 0.1) is 0 Å². The fraction of sp³-hybridized carbons (Fsp3) is 0.238. The molecule has 4 heterocycles. The van der Waals surface area contributed by atoms with Crippen molar-refractivity contribution in [2.24, 2.45) is 0 Å². The van der Waals surface area contributed by atoms with Gasteiger partial charge in [0.15, 0.2) is 5.65 Å². The Morgan fingerprint density at radius 3 is 2.86 bits per heavy atom. The van der Waals surface area contributed by atoms with Crippen LogP contribution in [0.4, 0.5) is 5.69 Å². The second-order valence-electron chi connectivity index (χ2n) is 7.48. The zero-order chi connectivity index (χ0) is 20.1. The monoisotopic (exact) mass is 388 g/mol. The summed E-state index contributed by atoms with van der Waals surface area (Å²) in [5.41, 5.74) is 3.44. The first-order valence-electron chi connectivity index (χ1n) is 9.57. The van der Waals surface area contributed by atoms with E-state index in [-0.39, 0.29) is 17.9 Å². The van der Waals surface area contributed by atoms with Crippen LogP contribution in [-0.2, 0) is 6.54 Å². The maximum absolute atomic E-state index is 12.8. The van der Waals surface area contributed by atoms with Crippen molar-refractivity contribution in [1.29, 1.82) is 0 Å². The molecule has 0 spiro atoms. The standard InChI is InChI=1S/C21H20N6O2/c1-12(2)27-19-15(10-24-27)7-16(11-23-19)25-20(28)14-4-3-13-8-18-21(29)22-5-6-26(18)17(13)9-14/h3-4,7-12H,5-6H2,1-2H3,(H,22,29)(H,25,28). The predicted molar refractivity (Wildman–Crippen MR) is 110 cm³/mol. The summed E-state index contributed by atoms with van der Waals surface area (Å²) in [7, 11) is 0. The summed E-state index contributed by atoms with van der Waals surface area (Å²) in [4.78, 5) is 29.3. The summed E-state index contributed by atoms with van der Waals surface area (Å²) in [6.45, 7) is 5.37. The largest absolute Gasteiger partial charge is 0.349 e. The highest BCUT2D eigenvalue weighted by molar-refractivity contribution is 6.07. The first kappa shape index (κ1) is 17.4. The number of carbonyl (C=O) groups is 2. The van der Waals surface area contributed by atoms with Crippen molar-refractivity contribution in [2.45, 2.75) is 26.4 Å². The van der Waals surface area contributed by atoms with E-state index >= 15 is 0 Å². The van der Waals surface area contributed by atoms with Gasteiger partial charge >= 0.3 is 0 Å². The average molecular weight is 388 g/mol. The smallest absolute Gasteiger partial charge is 0.268 e. The molecule has 4 aromatic rings. The fourth-order valence-electron chi connectivity index (χ4n) is 3.79. The molecule has 1 aliphatic rings. The minimum absolute atomic E-state index is 0.0835. The molecule has 29 heavy (non-hydrogen) atoms. The highest BCUT2D eigenvalue weighted by Gasteiger charge is 2.20. The Bertz CT molecular complexity index is 1280. The van der Waals surface area contributed by atoms with Crippen molar-refractivity contribution >= 4 is 39.4 Å². The van der Waals surface area contributed by atoms with Gasteiger partial charge in [-0.3, -0.25) is 9.59 Å². The molecule has 2 N–H and O–H groups in total. The van der Waals surface area contributed by atoms with Crippen LogP contribution in [0.15, 0.2) is 42.7 Å². The van der Waals surface area contributed by atoms with Crippen LogP contribution >= 0.6 is 0 Å². The Morgan fingerprint density at radius 2 is 2.03 bits per heavy atom. The number of carbonyl (C=O) groups excluding carboxylic acids is 2. The summed E-state index contributed by atoms with van der Waals surface area (Å²) in [5.74, 6) is -0.306. The molecular weight excluding hydrogens is 368 g/mol. The molecule has 0 fully saturated rings. The molecule has 0 radical (unpaired) electrons. The van der Waals surface area contributed by atoms with Crippen LogP contribution in [0.3, 0.4) is 0 Å². The Labute approximate surface area is 166 Å². The van der Waals surface area contributed by atoms with E-state index in [0.717, 1.165) is 21.9 Å². The van der Waals surface area contributed by atoms with Gasteiger partial charge in [0.25, 0.3) is 11.8 Å². The molecule has 0 atom stereocenters. The van der Waals surface area contributed by atoms with Crippen molar-refractivity contribution in [2.75, 3.05) is 11.9 Å². The van der Waals surface area contributed by atoms with Gasteiger partial charge < -0.3 is 15.2 Å². The first-order valence-corrected chi connectivity index (χ1v) is 9.57. The number of rotatable bonds is 3. The van der Waals surface area contributed by atoms with Gasteiger partial charge in [-0.1, -0.05) is 6.07 Å². The van der Waals surface area contributed by atoms with E-state index in [1.54, 1.807) is 18.5 Å². The Balaban J connectivity index is 1.45. The van der Waals surface area contributed by atoms with Gasteiger partial charge in [0, 0.05) is 41.0 Å². The lowest BCUT2D eigenvalue weighted by molar-refractivity contribution is 0.0928. The van der Waals surface area contributed by atoms with Crippen LogP contribution in [0.2, 0.25) is 0 Å². The summed E-state index contributed by atoms with van der Waals surface area (Å²) in [5, 5.41) is 11.9. The van der Waals surface area contributed by atoms with Crippen LogP contribution in [-0.4, -0.2) is 37.7 Å². The Kier molecular flexibility index (Phi) is 3.87. The van der Waals surface area contributed by atoms with Crippen molar-refractivity contribution in [1.82, 2.24) is 24.6 Å². The molecule has 0 bridgehead atoms. The number of hydrogen-bond acceptors (Lipinski definition) is 4. The molecule has 146 valence electrons. The molecule has 0 saturated heterocycles. The van der Waals surface area contributed by atoms with Crippen molar-refractivity contribution in [3.05, 3.63) is 54.0 Å². The average Bonchev–Trinajstić information content (AvgIpc) is 3.29. The summed E-state index contributed by atoms with van der Waals surface area (Å²) in [6.07, 6.45) is 3.39. The topological polar surface area (TPSA) is 93.8 Å². The van der Waals surface area contributed by atoms with Crippen LogP contribution < -0.4 is 10.6 Å². The number of pyridine rings is 1. The van der Waals surface area contributed by atoms with E-state index in [1.807, 2.05) is 47.4 Å². The SMILES string of the molecule is CC(C)n1ncc2cc(NC(=O)c3ccc4cc5n(c4c3)CCNC5=O)cnc21. The maximum atomic E-state index is 12.8. The number of nitrogens with zero attached hydrogens (tertiary/aromatic N) is 4. The Morgan fingerprint density at radius 1 is 1.17 bits per heavy atom. The van der Waals surface area contributed by atoms with E-state index in [2.05, 4.69) is 20.7 Å². The number of amides is 2. The molecular formula is C21H20N6O2. The van der Waals surface area contributed by atoms with E-state index in [1.165, 1.54) is 0 Å². The number of aromatic nitrogens is 4. The number of fused-ring (bicyclic) bond motifs is 4. The summed E-state index contributed by atoms with van der Waals surface area (Å²) in [6, 6.07) is 9.41. The molecule has 0 unspecified atom stereocenters. The number of benzene rings is 1. The molecule has 5 rings (SSSR count). The second kappa shape index (κ2) is 6.44. The van der Waals surface area contributed by atoms with E-state index < -0.39 is 0 Å². The van der Waals surface area contributed by atoms with Gasteiger partial charge in [-0.05, 0) is 38.1 Å². The highest BCUT2D eigenvalue weighted by atomic mass is 16.2. The third-order valence-electron chi connectivity index (χ3n) is 5.20. The van der Waals surface area contributed by atoms with E-state index in [9.17, 15) is 9.59 Å². The van der Waals surface area contributed by atoms with E-state index in [0.29, 0.717) is 30.0 Å². The highest BCUT2D eigenvalue weighted by Crippen LogP contribution is 2.24. The van der Waals surface area contributed by atoms with E-state index in [4.69, 9.17) is 0 Å². The fourth-order valence-corrected chi connectivity index (χ4v) is 3.79. The minimum atomic E-state index is -0.222. The van der Waals surface area contributed by atoms with Crippen LogP contribution in [0.1, 0.15) is 40.7 Å². The van der Waals surface area contributed by atoms with Crippen LogP contribution in [0.25, 0.3) is 21.9 Å². The molecule has 1 aromatic carbocycles. The minimum Gasteiger partial charge on any atom is -0.349 e. The zero-order valence-electron chi connectivity index (χ0n) is 16.1. The normalized spacial score (nSPS) is 13.7.